The number of hydrogen-bond donors (Lipinski definition) is 7. The number of ether oxygens (including phenoxy) is 1. The van der Waals surface area contributed by atoms with E-state index in [0.717, 1.165) is 50.3 Å². The van der Waals surface area contributed by atoms with Crippen LogP contribution in [0.3, 0.4) is 0 Å². The Kier molecular flexibility index (Phi) is 12.4. The second-order valence-corrected chi connectivity index (χ2v) is 15.3. The molecule has 286 valence electrons. The van der Waals surface area contributed by atoms with Crippen molar-refractivity contribution < 1.29 is 54.6 Å². The van der Waals surface area contributed by atoms with Crippen LogP contribution in [0.2, 0.25) is 0 Å². The van der Waals surface area contributed by atoms with E-state index in [1.807, 2.05) is 0 Å². The third-order valence-corrected chi connectivity index (χ3v) is 10.6. The molecule has 0 aromatic heterocycles. The molecule has 0 bridgehead atoms. The molecule has 2 aromatic carbocycles. The molecule has 0 fully saturated rings. The van der Waals surface area contributed by atoms with Crippen LogP contribution in [0.4, 0.5) is 5.69 Å². The molecule has 54 heavy (non-hydrogen) atoms. The smallest absolute Gasteiger partial charge is 0.336 e. The van der Waals surface area contributed by atoms with E-state index < -0.39 is 69.9 Å². The number of benzene rings is 3. The second kappa shape index (κ2) is 16.8. The summed E-state index contributed by atoms with van der Waals surface area (Å²) in [7, 11) is -10.3. The normalized spacial score (nSPS) is 14.8. The minimum absolute atomic E-state index is 0.0402. The van der Waals surface area contributed by atoms with Crippen molar-refractivity contribution in [1.82, 2.24) is 10.6 Å². The number of unbranched alkanes of at least 4 members (excludes halogenated alkanes) is 2. The number of carbonyl (C=O) groups excluding carboxylic acids is 2. The van der Waals surface area contributed by atoms with Gasteiger partial charge in [-0.1, -0.05) is 18.4 Å². The molecule has 18 heteroatoms. The van der Waals surface area contributed by atoms with Gasteiger partial charge < -0.3 is 30.6 Å². The van der Waals surface area contributed by atoms with Gasteiger partial charge in [-0.15, -0.1) is 5.92 Å². The number of nitrogens with two attached hydrogens (primary N) is 1. The van der Waals surface area contributed by atoms with E-state index in [9.17, 15) is 45.4 Å². The van der Waals surface area contributed by atoms with Crippen molar-refractivity contribution in [2.24, 2.45) is 0 Å². The lowest BCUT2D eigenvalue weighted by Gasteiger charge is -2.20. The monoisotopic (exact) mass is 782 g/mol. The lowest BCUT2D eigenvalue weighted by molar-refractivity contribution is -0.126. The van der Waals surface area contributed by atoms with Crippen LogP contribution in [-0.2, 0) is 29.8 Å². The highest BCUT2D eigenvalue weighted by Crippen LogP contribution is 2.45. The van der Waals surface area contributed by atoms with Gasteiger partial charge in [0.2, 0.25) is 5.91 Å². The van der Waals surface area contributed by atoms with Crippen molar-refractivity contribution in [3.8, 4) is 34.3 Å². The number of nitrogens with one attached hydrogen (secondary N) is 3. The number of carbonyl (C=O) groups is 3. The van der Waals surface area contributed by atoms with E-state index in [1.165, 1.54) is 24.3 Å². The molecule has 2 aromatic rings. The molecular formula is C36H38N4O12S2. The zero-order chi connectivity index (χ0) is 39.2. The van der Waals surface area contributed by atoms with Gasteiger partial charge in [0.05, 0.1) is 16.6 Å². The Bertz CT molecular complexity index is 2430. The van der Waals surface area contributed by atoms with Gasteiger partial charge in [0.15, 0.2) is 21.1 Å². The van der Waals surface area contributed by atoms with Crippen LogP contribution < -0.4 is 21.7 Å². The Balaban J connectivity index is 1.33. The van der Waals surface area contributed by atoms with Crippen molar-refractivity contribution in [2.45, 2.75) is 67.3 Å². The molecule has 1 heterocycles. The van der Waals surface area contributed by atoms with E-state index in [4.69, 9.17) is 20.3 Å². The zero-order valence-electron chi connectivity index (χ0n) is 28.8. The summed E-state index contributed by atoms with van der Waals surface area (Å²) in [6.07, 6.45) is 6.44. The van der Waals surface area contributed by atoms with Crippen molar-refractivity contribution in [2.75, 3.05) is 25.4 Å². The number of carboxylic acid groups (broad SMARTS) is 1. The fraction of sp³-hybridized carbons (Fsp3) is 0.333. The third-order valence-electron chi connectivity index (χ3n) is 8.70. The maximum absolute atomic E-state index is 13.1. The van der Waals surface area contributed by atoms with Gasteiger partial charge in [-0.3, -0.25) is 24.1 Å². The summed E-state index contributed by atoms with van der Waals surface area (Å²) < 4.78 is 80.9. The maximum atomic E-state index is 13.1. The summed E-state index contributed by atoms with van der Waals surface area (Å²) in [6.45, 7) is 0.583. The molecule has 0 spiro atoms. The number of anilines is 1. The molecule has 0 saturated heterocycles. The first kappa shape index (κ1) is 39.9. The van der Waals surface area contributed by atoms with E-state index >= 15 is 0 Å². The van der Waals surface area contributed by atoms with Crippen LogP contribution in [0.5, 0.6) is 0 Å². The highest BCUT2D eigenvalue weighted by molar-refractivity contribution is 7.86. The van der Waals surface area contributed by atoms with Crippen LogP contribution in [0.25, 0.3) is 33.4 Å². The van der Waals surface area contributed by atoms with E-state index in [0.29, 0.717) is 25.8 Å². The molecule has 0 saturated carbocycles. The van der Waals surface area contributed by atoms with Gasteiger partial charge in [-0.25, -0.2) is 4.79 Å². The molecule has 16 nitrogen and oxygen atoms in total. The summed E-state index contributed by atoms with van der Waals surface area (Å²) in [4.78, 5) is 35.9. The van der Waals surface area contributed by atoms with Crippen LogP contribution in [0.1, 0.15) is 72.1 Å². The third kappa shape index (κ3) is 9.24. The van der Waals surface area contributed by atoms with Gasteiger partial charge >= 0.3 is 5.97 Å². The number of carboxylic acids is 1. The number of nitrogen functional groups attached to an aromatic ring is 1. The predicted molar refractivity (Wildman–Crippen MR) is 195 cm³/mol. The molecule has 3 aliphatic rings. The average molecular weight is 783 g/mol. The minimum atomic E-state index is -5.18. The topological polar surface area (TPSA) is 276 Å². The summed E-state index contributed by atoms with van der Waals surface area (Å²) in [5.74, 6) is 3.07. The SMILES string of the molecule is N=c1ccc2c(-c3ccc(C(=O)NCCCCCNC(=O)COC4C#CCCCCC4)cc3C(=O)O)c3ccc(N)c(S(=O)(=O)O)c3oc-2c1S(=O)(=O)O. The van der Waals surface area contributed by atoms with E-state index in [1.54, 1.807) is 0 Å². The number of hydrogen-bond acceptors (Lipinski definition) is 11. The lowest BCUT2D eigenvalue weighted by Crippen LogP contribution is -2.30. The minimum Gasteiger partial charge on any atom is -0.478 e. The molecule has 1 atom stereocenters. The van der Waals surface area contributed by atoms with Gasteiger partial charge in [-0.05, 0) is 80.5 Å². The molecule has 1 unspecified atom stereocenters. The van der Waals surface area contributed by atoms with Crippen LogP contribution in [0.15, 0.2) is 56.7 Å². The van der Waals surface area contributed by atoms with Gasteiger partial charge in [0.1, 0.15) is 12.7 Å². The maximum Gasteiger partial charge on any atom is 0.336 e. The number of rotatable bonds is 14. The first-order chi connectivity index (χ1) is 25.6. The lowest BCUT2D eigenvalue weighted by atomic mass is 9.89. The Labute approximate surface area is 310 Å². The number of amides is 2. The summed E-state index contributed by atoms with van der Waals surface area (Å²) in [5, 5.41) is 23.0. The second-order valence-electron chi connectivity index (χ2n) is 12.6. The molecule has 1 aliphatic heterocycles. The quantitative estimate of drug-likeness (QED) is 0.0315. The zero-order valence-corrected chi connectivity index (χ0v) is 30.4. The Morgan fingerprint density at radius 1 is 0.907 bits per heavy atom. The molecule has 2 amide bonds. The molecule has 0 radical (unpaired) electrons. The molecule has 8 N–H and O–H groups in total. The molecule has 5 rings (SSSR count). The average Bonchev–Trinajstić information content (AvgIpc) is 3.08. The first-order valence-corrected chi connectivity index (χ1v) is 19.8. The molecular weight excluding hydrogens is 745 g/mol. The highest BCUT2D eigenvalue weighted by Gasteiger charge is 2.32. The van der Waals surface area contributed by atoms with Crippen molar-refractivity contribution in [3.63, 3.8) is 0 Å². The van der Waals surface area contributed by atoms with Gasteiger partial charge in [0.25, 0.3) is 26.1 Å². The Hall–Kier alpha value is -5.32. The summed E-state index contributed by atoms with van der Waals surface area (Å²) in [5.41, 5.74) is 3.80. The van der Waals surface area contributed by atoms with Crippen LogP contribution >= 0.6 is 0 Å². The fourth-order valence-electron chi connectivity index (χ4n) is 6.17. The summed E-state index contributed by atoms with van der Waals surface area (Å²) in [6, 6.07) is 8.25. The van der Waals surface area contributed by atoms with Gasteiger partial charge in [0, 0.05) is 41.6 Å². The largest absolute Gasteiger partial charge is 0.478 e. The highest BCUT2D eigenvalue weighted by atomic mass is 32.2. The number of fused-ring (bicyclic) bond motifs is 2. The first-order valence-electron chi connectivity index (χ1n) is 16.9. The van der Waals surface area contributed by atoms with E-state index in [2.05, 4.69) is 22.5 Å². The predicted octanol–water partition coefficient (Wildman–Crippen LogP) is 3.83. The summed E-state index contributed by atoms with van der Waals surface area (Å²) >= 11 is 0. The van der Waals surface area contributed by atoms with Crippen molar-refractivity contribution in [3.05, 3.63) is 58.9 Å². The Morgan fingerprint density at radius 3 is 2.31 bits per heavy atom. The van der Waals surface area contributed by atoms with Crippen LogP contribution in [-0.4, -0.2) is 74.6 Å². The fourth-order valence-corrected chi connectivity index (χ4v) is 7.65. The standard InChI is InChI=1S/C36H38N4O12S2/c37-27-15-13-24-30(25-14-16-28(38)34(54(48,49)50)32(25)52-31(24)33(27)53(45,46)47)23-12-11-21(19-26(23)36(43)44)35(42)40-18-8-4-7-17-39-29(41)20-51-22-9-5-2-1-3-6-10-22/h11-16,19,22,37H,1-5,7-9,17-18,20,38H2,(H,39,41)(H,40,42)(H,43,44)(H,45,46,47)(H,48,49,50). The number of aromatic carboxylic acids is 1. The Morgan fingerprint density at radius 2 is 1.61 bits per heavy atom. The van der Waals surface area contributed by atoms with Crippen molar-refractivity contribution >= 4 is 54.7 Å². The molecule has 2 aliphatic carbocycles. The van der Waals surface area contributed by atoms with Crippen LogP contribution in [0, 0.1) is 17.3 Å². The van der Waals surface area contributed by atoms with E-state index in [-0.39, 0.29) is 52.8 Å². The van der Waals surface area contributed by atoms with Gasteiger partial charge in [-0.2, -0.15) is 16.8 Å². The van der Waals surface area contributed by atoms with Crippen molar-refractivity contribution in [1.29, 1.82) is 5.41 Å².